The van der Waals surface area contributed by atoms with Gasteiger partial charge in [-0.3, -0.25) is 4.79 Å². The third-order valence-corrected chi connectivity index (χ3v) is 2.06. The number of fused-ring (bicyclic) bond motifs is 1. The highest BCUT2D eigenvalue weighted by molar-refractivity contribution is 6.06. The lowest BCUT2D eigenvalue weighted by Gasteiger charge is -2.00. The van der Waals surface area contributed by atoms with E-state index in [1.807, 2.05) is 12.1 Å². The van der Waals surface area contributed by atoms with Crippen molar-refractivity contribution in [1.29, 1.82) is 0 Å². The molecule has 0 unspecified atom stereocenters. The number of hydrogen-bond donors (Lipinski definition) is 2. The summed E-state index contributed by atoms with van der Waals surface area (Å²) in [5, 5.41) is 0.977. The van der Waals surface area contributed by atoms with Crippen LogP contribution < -0.4 is 5.73 Å². The molecular weight excluding hydrogens is 164 g/mol. The van der Waals surface area contributed by atoms with E-state index in [4.69, 9.17) is 5.73 Å². The van der Waals surface area contributed by atoms with Gasteiger partial charge in [0.2, 0.25) is 0 Å². The molecule has 66 valence electrons. The van der Waals surface area contributed by atoms with Crippen LogP contribution in [0.5, 0.6) is 0 Å². The second-order valence-corrected chi connectivity index (χ2v) is 3.07. The van der Waals surface area contributed by atoms with Crippen molar-refractivity contribution >= 4 is 22.4 Å². The van der Waals surface area contributed by atoms with Gasteiger partial charge in [-0.25, -0.2) is 0 Å². The Morgan fingerprint density at radius 1 is 1.46 bits per heavy atom. The van der Waals surface area contributed by atoms with Gasteiger partial charge in [-0.2, -0.15) is 0 Å². The first-order chi connectivity index (χ1) is 6.18. The van der Waals surface area contributed by atoms with Crippen molar-refractivity contribution in [3.8, 4) is 0 Å². The summed E-state index contributed by atoms with van der Waals surface area (Å²) in [6, 6.07) is 5.44. The van der Waals surface area contributed by atoms with E-state index in [1.165, 1.54) is 6.92 Å². The van der Waals surface area contributed by atoms with Gasteiger partial charge in [0.05, 0.1) is 5.52 Å². The third kappa shape index (κ3) is 1.18. The number of ketones is 1. The molecule has 0 spiro atoms. The van der Waals surface area contributed by atoms with Gasteiger partial charge in [-0.05, 0) is 25.1 Å². The van der Waals surface area contributed by atoms with Gasteiger partial charge >= 0.3 is 0 Å². The summed E-state index contributed by atoms with van der Waals surface area (Å²) in [7, 11) is 0. The zero-order valence-electron chi connectivity index (χ0n) is 7.29. The number of nitrogen functional groups attached to an aromatic ring is 1. The lowest BCUT2D eigenvalue weighted by molar-refractivity contribution is 0.101. The van der Waals surface area contributed by atoms with Crippen molar-refractivity contribution < 1.29 is 4.79 Å². The lowest BCUT2D eigenvalue weighted by atomic mass is 10.1. The summed E-state index contributed by atoms with van der Waals surface area (Å²) in [4.78, 5) is 14.3. The predicted molar refractivity (Wildman–Crippen MR) is 52.7 cm³/mol. The van der Waals surface area contributed by atoms with Crippen LogP contribution in [-0.4, -0.2) is 10.8 Å². The molecule has 2 rings (SSSR count). The number of hydrogen-bond acceptors (Lipinski definition) is 2. The van der Waals surface area contributed by atoms with E-state index in [2.05, 4.69) is 4.98 Å². The van der Waals surface area contributed by atoms with Crippen LogP contribution in [0.15, 0.2) is 24.4 Å². The Morgan fingerprint density at radius 3 is 2.92 bits per heavy atom. The fourth-order valence-corrected chi connectivity index (χ4v) is 1.47. The van der Waals surface area contributed by atoms with Gasteiger partial charge in [0.15, 0.2) is 5.78 Å². The number of carbonyl (C=O) groups excluding carboxylic acids is 1. The highest BCUT2D eigenvalue weighted by atomic mass is 16.1. The van der Waals surface area contributed by atoms with Gasteiger partial charge < -0.3 is 10.7 Å². The third-order valence-electron chi connectivity index (χ3n) is 2.06. The van der Waals surface area contributed by atoms with Gasteiger partial charge in [-0.15, -0.1) is 0 Å². The quantitative estimate of drug-likeness (QED) is 0.512. The number of benzene rings is 1. The van der Waals surface area contributed by atoms with E-state index in [9.17, 15) is 4.79 Å². The zero-order valence-corrected chi connectivity index (χ0v) is 7.29. The molecular formula is C10H10N2O. The number of H-pyrrole nitrogens is 1. The molecule has 1 aromatic heterocycles. The second-order valence-electron chi connectivity index (χ2n) is 3.07. The topological polar surface area (TPSA) is 58.9 Å². The summed E-state index contributed by atoms with van der Waals surface area (Å²) in [6.45, 7) is 1.54. The summed E-state index contributed by atoms with van der Waals surface area (Å²) < 4.78 is 0. The van der Waals surface area contributed by atoms with Crippen LogP contribution in [-0.2, 0) is 0 Å². The largest absolute Gasteiger partial charge is 0.399 e. The number of nitrogens with one attached hydrogen (secondary N) is 1. The molecule has 0 fully saturated rings. The average molecular weight is 174 g/mol. The number of anilines is 1. The Morgan fingerprint density at radius 2 is 2.23 bits per heavy atom. The number of aromatic nitrogens is 1. The molecule has 2 aromatic rings. The molecule has 1 heterocycles. The maximum Gasteiger partial charge on any atom is 0.161 e. The standard InChI is InChI=1S/C10H10N2O/c1-6(13)9-5-8(11)4-7-2-3-12-10(7)9/h2-5,12H,11H2,1H3. The minimum Gasteiger partial charge on any atom is -0.399 e. The van der Waals surface area contributed by atoms with Crippen LogP contribution in [0.2, 0.25) is 0 Å². The van der Waals surface area contributed by atoms with E-state index >= 15 is 0 Å². The molecule has 0 bridgehead atoms. The highest BCUT2D eigenvalue weighted by Crippen LogP contribution is 2.21. The zero-order chi connectivity index (χ0) is 9.42. The Hall–Kier alpha value is -1.77. The number of nitrogens with two attached hydrogens (primary N) is 1. The first-order valence-electron chi connectivity index (χ1n) is 4.06. The van der Waals surface area contributed by atoms with Crippen molar-refractivity contribution in [2.45, 2.75) is 6.92 Å². The first-order valence-corrected chi connectivity index (χ1v) is 4.06. The molecule has 0 aliphatic heterocycles. The number of rotatable bonds is 1. The average Bonchev–Trinajstić information content (AvgIpc) is 2.49. The molecule has 3 nitrogen and oxygen atoms in total. The van der Waals surface area contributed by atoms with Crippen molar-refractivity contribution in [2.75, 3.05) is 5.73 Å². The molecule has 0 saturated carbocycles. The van der Waals surface area contributed by atoms with Crippen LogP contribution in [0.25, 0.3) is 10.9 Å². The van der Waals surface area contributed by atoms with E-state index < -0.39 is 0 Å². The van der Waals surface area contributed by atoms with Crippen LogP contribution in [0.4, 0.5) is 5.69 Å². The maximum atomic E-state index is 11.2. The van der Waals surface area contributed by atoms with Crippen LogP contribution >= 0.6 is 0 Å². The monoisotopic (exact) mass is 174 g/mol. The van der Waals surface area contributed by atoms with E-state index in [0.717, 1.165) is 10.9 Å². The van der Waals surface area contributed by atoms with Crippen molar-refractivity contribution in [1.82, 2.24) is 4.98 Å². The SMILES string of the molecule is CC(=O)c1cc(N)cc2cc[nH]c12. The molecule has 0 aliphatic rings. The Labute approximate surface area is 75.6 Å². The molecule has 0 saturated heterocycles. The summed E-state index contributed by atoms with van der Waals surface area (Å²) in [5.74, 6) is 0.0275. The number of carbonyl (C=O) groups is 1. The van der Waals surface area contributed by atoms with Gasteiger partial charge in [-0.1, -0.05) is 0 Å². The fraction of sp³-hybridized carbons (Fsp3) is 0.100. The van der Waals surface area contributed by atoms with Crippen molar-refractivity contribution in [2.24, 2.45) is 0 Å². The molecule has 1 aromatic carbocycles. The summed E-state index contributed by atoms with van der Waals surface area (Å²) in [5.41, 5.74) is 7.79. The van der Waals surface area contributed by atoms with Crippen molar-refractivity contribution in [3.05, 3.63) is 30.0 Å². The van der Waals surface area contributed by atoms with Crippen molar-refractivity contribution in [3.63, 3.8) is 0 Å². The Bertz CT molecular complexity index is 471. The fourth-order valence-electron chi connectivity index (χ4n) is 1.47. The maximum absolute atomic E-state index is 11.2. The van der Waals surface area contributed by atoms with Crippen LogP contribution in [0.3, 0.4) is 0 Å². The second kappa shape index (κ2) is 2.62. The molecule has 3 N–H and O–H groups in total. The Balaban J connectivity index is 2.84. The summed E-state index contributed by atoms with van der Waals surface area (Å²) >= 11 is 0. The molecule has 13 heavy (non-hydrogen) atoms. The van der Waals surface area contributed by atoms with Gasteiger partial charge in [0.1, 0.15) is 0 Å². The summed E-state index contributed by atoms with van der Waals surface area (Å²) in [6.07, 6.45) is 1.80. The molecule has 0 radical (unpaired) electrons. The highest BCUT2D eigenvalue weighted by Gasteiger charge is 2.07. The van der Waals surface area contributed by atoms with Gasteiger partial charge in [0, 0.05) is 22.8 Å². The van der Waals surface area contributed by atoms with E-state index in [1.54, 1.807) is 12.3 Å². The van der Waals surface area contributed by atoms with Gasteiger partial charge in [0.25, 0.3) is 0 Å². The van der Waals surface area contributed by atoms with Crippen LogP contribution in [0.1, 0.15) is 17.3 Å². The lowest BCUT2D eigenvalue weighted by Crippen LogP contribution is -1.96. The normalized spacial score (nSPS) is 10.5. The van der Waals surface area contributed by atoms with E-state index in [-0.39, 0.29) is 5.78 Å². The Kier molecular flexibility index (Phi) is 1.59. The smallest absolute Gasteiger partial charge is 0.161 e. The predicted octanol–water partition coefficient (Wildman–Crippen LogP) is 1.95. The molecule has 0 atom stereocenters. The molecule has 0 aliphatic carbocycles. The van der Waals surface area contributed by atoms with E-state index in [0.29, 0.717) is 11.3 Å². The number of Topliss-reactive ketones (excluding diaryl/α,β-unsaturated/α-hetero) is 1. The van der Waals surface area contributed by atoms with Crippen LogP contribution in [0, 0.1) is 0 Å². The minimum atomic E-state index is 0.0275. The molecule has 0 amide bonds. The minimum absolute atomic E-state index is 0.0275. The first kappa shape index (κ1) is 7.86. The molecule has 3 heteroatoms. The number of aromatic amines is 1.